The summed E-state index contributed by atoms with van der Waals surface area (Å²) in [6, 6.07) is 21.1. The Bertz CT molecular complexity index is 1110. The molecule has 0 bridgehead atoms. The molecule has 5 nitrogen and oxygen atoms in total. The fourth-order valence-corrected chi connectivity index (χ4v) is 3.38. The third-order valence-corrected chi connectivity index (χ3v) is 4.80. The third kappa shape index (κ3) is 3.99. The van der Waals surface area contributed by atoms with Gasteiger partial charge in [0.15, 0.2) is 0 Å². The average molecular weight is 385 g/mol. The molecule has 29 heavy (non-hydrogen) atoms. The SMILES string of the molecule is CCOc1ccc([C@@H](Nc2ccccn2)c2ccc3ccc(C)nc3c2O)cc1. The van der Waals surface area contributed by atoms with Gasteiger partial charge in [-0.15, -0.1) is 0 Å². The van der Waals surface area contributed by atoms with E-state index in [4.69, 9.17) is 4.74 Å². The maximum Gasteiger partial charge on any atom is 0.147 e. The number of aromatic nitrogens is 2. The number of anilines is 1. The van der Waals surface area contributed by atoms with Gasteiger partial charge in [0.1, 0.15) is 22.8 Å². The Morgan fingerprint density at radius 3 is 2.52 bits per heavy atom. The van der Waals surface area contributed by atoms with Gasteiger partial charge in [-0.3, -0.25) is 0 Å². The molecule has 0 saturated carbocycles. The summed E-state index contributed by atoms with van der Waals surface area (Å²) in [5.74, 6) is 1.71. The largest absolute Gasteiger partial charge is 0.505 e. The third-order valence-electron chi connectivity index (χ3n) is 4.80. The first-order chi connectivity index (χ1) is 14.2. The summed E-state index contributed by atoms with van der Waals surface area (Å²) >= 11 is 0. The van der Waals surface area contributed by atoms with Crippen LogP contribution in [0, 0.1) is 6.92 Å². The molecule has 0 aliphatic heterocycles. The molecule has 0 radical (unpaired) electrons. The Morgan fingerprint density at radius 2 is 1.79 bits per heavy atom. The van der Waals surface area contributed by atoms with E-state index in [1.165, 1.54) is 0 Å². The minimum absolute atomic E-state index is 0.175. The molecule has 0 aliphatic rings. The van der Waals surface area contributed by atoms with Crippen LogP contribution in [0.1, 0.15) is 29.8 Å². The van der Waals surface area contributed by atoms with Crippen LogP contribution in [0.5, 0.6) is 11.5 Å². The lowest BCUT2D eigenvalue weighted by Gasteiger charge is -2.22. The van der Waals surface area contributed by atoms with E-state index >= 15 is 0 Å². The molecule has 0 aliphatic carbocycles. The summed E-state index contributed by atoms with van der Waals surface area (Å²) in [6.07, 6.45) is 1.74. The van der Waals surface area contributed by atoms with Crippen LogP contribution in [0.15, 0.2) is 72.9 Å². The summed E-state index contributed by atoms with van der Waals surface area (Å²) in [5.41, 5.74) is 3.19. The molecular weight excluding hydrogens is 362 g/mol. The van der Waals surface area contributed by atoms with Gasteiger partial charge >= 0.3 is 0 Å². The van der Waals surface area contributed by atoms with Crippen molar-refractivity contribution in [2.24, 2.45) is 0 Å². The van der Waals surface area contributed by atoms with E-state index < -0.39 is 0 Å². The Balaban J connectivity index is 1.81. The van der Waals surface area contributed by atoms with Gasteiger partial charge in [0.2, 0.25) is 0 Å². The summed E-state index contributed by atoms with van der Waals surface area (Å²) in [7, 11) is 0. The Hall–Kier alpha value is -3.60. The smallest absolute Gasteiger partial charge is 0.147 e. The molecule has 146 valence electrons. The van der Waals surface area contributed by atoms with Crippen molar-refractivity contribution in [2.75, 3.05) is 11.9 Å². The topological polar surface area (TPSA) is 67.3 Å². The molecular formula is C24H23N3O2. The Labute approximate surface area is 170 Å². The van der Waals surface area contributed by atoms with Crippen LogP contribution in [-0.2, 0) is 0 Å². The van der Waals surface area contributed by atoms with Crippen LogP contribution >= 0.6 is 0 Å². The first-order valence-corrected chi connectivity index (χ1v) is 9.65. The van der Waals surface area contributed by atoms with Gasteiger partial charge in [0, 0.05) is 22.8 Å². The standard InChI is InChI=1S/C24H23N3O2/c1-3-29-19-12-9-17(10-13-19)22(27-21-6-4-5-15-25-21)20-14-11-18-8-7-16(2)26-23(18)24(20)28/h4-15,22,28H,3H2,1-2H3,(H,25,27)/t22-/m1/s1. The molecule has 4 aromatic rings. The molecule has 2 N–H and O–H groups in total. The number of pyridine rings is 2. The van der Waals surface area contributed by atoms with Gasteiger partial charge in [-0.1, -0.05) is 36.4 Å². The predicted molar refractivity (Wildman–Crippen MR) is 115 cm³/mol. The summed E-state index contributed by atoms with van der Waals surface area (Å²) < 4.78 is 5.57. The van der Waals surface area contributed by atoms with Crippen molar-refractivity contribution in [3.63, 3.8) is 0 Å². The van der Waals surface area contributed by atoms with Crippen molar-refractivity contribution in [2.45, 2.75) is 19.9 Å². The van der Waals surface area contributed by atoms with E-state index in [9.17, 15) is 5.11 Å². The number of hydrogen-bond donors (Lipinski definition) is 2. The number of aryl methyl sites for hydroxylation is 1. The average Bonchev–Trinajstić information content (AvgIpc) is 2.75. The van der Waals surface area contributed by atoms with Gasteiger partial charge in [-0.2, -0.15) is 0 Å². The second-order valence-electron chi connectivity index (χ2n) is 6.82. The van der Waals surface area contributed by atoms with Crippen LogP contribution in [0.25, 0.3) is 10.9 Å². The van der Waals surface area contributed by atoms with E-state index in [0.29, 0.717) is 12.1 Å². The molecule has 4 rings (SSSR count). The van der Waals surface area contributed by atoms with Crippen LogP contribution < -0.4 is 10.1 Å². The van der Waals surface area contributed by atoms with Gasteiger partial charge in [-0.05, 0) is 49.7 Å². The van der Waals surface area contributed by atoms with E-state index in [0.717, 1.165) is 33.8 Å². The summed E-state index contributed by atoms with van der Waals surface area (Å²) in [4.78, 5) is 8.93. The molecule has 2 aromatic carbocycles. The molecule has 0 saturated heterocycles. The van der Waals surface area contributed by atoms with E-state index in [-0.39, 0.29) is 11.8 Å². The highest BCUT2D eigenvalue weighted by atomic mass is 16.5. The van der Waals surface area contributed by atoms with Gasteiger partial charge in [0.25, 0.3) is 0 Å². The normalized spacial score (nSPS) is 11.9. The monoisotopic (exact) mass is 385 g/mol. The number of fused-ring (bicyclic) bond motifs is 1. The lowest BCUT2D eigenvalue weighted by molar-refractivity contribution is 0.340. The first kappa shape index (κ1) is 18.7. The van der Waals surface area contributed by atoms with Crippen molar-refractivity contribution >= 4 is 16.7 Å². The summed E-state index contributed by atoms with van der Waals surface area (Å²) in [6.45, 7) is 4.49. The van der Waals surface area contributed by atoms with Gasteiger partial charge < -0.3 is 15.2 Å². The van der Waals surface area contributed by atoms with Gasteiger partial charge in [0.05, 0.1) is 12.6 Å². The number of ether oxygens (including phenoxy) is 1. The molecule has 0 unspecified atom stereocenters. The Kier molecular flexibility index (Phi) is 5.29. The summed E-state index contributed by atoms with van der Waals surface area (Å²) in [5, 5.41) is 15.4. The lowest BCUT2D eigenvalue weighted by atomic mass is 9.96. The fraction of sp³-hybridized carbons (Fsp3) is 0.167. The fourth-order valence-electron chi connectivity index (χ4n) is 3.38. The van der Waals surface area contributed by atoms with Crippen LogP contribution in [0.2, 0.25) is 0 Å². The Morgan fingerprint density at radius 1 is 1.00 bits per heavy atom. The van der Waals surface area contributed by atoms with E-state index in [1.807, 2.05) is 80.6 Å². The zero-order valence-corrected chi connectivity index (χ0v) is 16.5. The lowest BCUT2D eigenvalue weighted by Crippen LogP contribution is -2.13. The first-order valence-electron chi connectivity index (χ1n) is 9.65. The van der Waals surface area contributed by atoms with E-state index in [2.05, 4.69) is 15.3 Å². The molecule has 0 amide bonds. The quantitative estimate of drug-likeness (QED) is 0.475. The maximum absolute atomic E-state index is 11.1. The van der Waals surface area contributed by atoms with Crippen LogP contribution in [0.4, 0.5) is 5.82 Å². The minimum atomic E-state index is -0.299. The molecule has 0 spiro atoms. The van der Waals surface area contributed by atoms with E-state index in [1.54, 1.807) is 6.20 Å². The van der Waals surface area contributed by atoms with Crippen LogP contribution in [-0.4, -0.2) is 21.7 Å². The zero-order chi connectivity index (χ0) is 20.2. The van der Waals surface area contributed by atoms with Crippen molar-refractivity contribution < 1.29 is 9.84 Å². The van der Waals surface area contributed by atoms with Crippen molar-refractivity contribution in [1.82, 2.24) is 9.97 Å². The van der Waals surface area contributed by atoms with Crippen molar-refractivity contribution in [3.8, 4) is 11.5 Å². The van der Waals surface area contributed by atoms with Gasteiger partial charge in [-0.25, -0.2) is 9.97 Å². The highest BCUT2D eigenvalue weighted by Gasteiger charge is 2.20. The second-order valence-corrected chi connectivity index (χ2v) is 6.82. The number of phenolic OH excluding ortho intramolecular Hbond substituents is 1. The molecule has 0 fully saturated rings. The number of hydrogen-bond acceptors (Lipinski definition) is 5. The van der Waals surface area contributed by atoms with Crippen molar-refractivity contribution in [3.05, 3.63) is 89.7 Å². The highest BCUT2D eigenvalue weighted by molar-refractivity contribution is 5.86. The molecule has 5 heteroatoms. The number of rotatable bonds is 6. The van der Waals surface area contributed by atoms with Crippen molar-refractivity contribution in [1.29, 1.82) is 0 Å². The maximum atomic E-state index is 11.1. The number of nitrogens with one attached hydrogen (secondary N) is 1. The number of phenols is 1. The minimum Gasteiger partial charge on any atom is -0.505 e. The molecule has 1 atom stereocenters. The highest BCUT2D eigenvalue weighted by Crippen LogP contribution is 2.36. The molecule has 2 aromatic heterocycles. The number of aromatic hydroxyl groups is 1. The number of benzene rings is 2. The molecule has 2 heterocycles. The second kappa shape index (κ2) is 8.19. The zero-order valence-electron chi connectivity index (χ0n) is 16.5. The predicted octanol–water partition coefficient (Wildman–Crippen LogP) is 5.24. The number of nitrogens with zero attached hydrogens (tertiary/aromatic N) is 2. The van der Waals surface area contributed by atoms with Crippen LogP contribution in [0.3, 0.4) is 0 Å².